The van der Waals surface area contributed by atoms with E-state index in [2.05, 4.69) is 0 Å². The first kappa shape index (κ1) is 13.4. The molecule has 4 heteroatoms. The Morgan fingerprint density at radius 1 is 1.33 bits per heavy atom. The number of hydrogen-bond donors (Lipinski definition) is 1. The maximum atomic E-state index is 10.9. The maximum absolute atomic E-state index is 10.9. The molecule has 0 bridgehead atoms. The van der Waals surface area contributed by atoms with Crippen LogP contribution in [0.15, 0.2) is 29.8 Å². The van der Waals surface area contributed by atoms with Crippen LogP contribution in [0.3, 0.4) is 0 Å². The van der Waals surface area contributed by atoms with Crippen LogP contribution in [-0.2, 0) is 4.79 Å². The second kappa shape index (κ2) is 5.77. The lowest BCUT2D eigenvalue weighted by molar-refractivity contribution is -0.131. The van der Waals surface area contributed by atoms with Gasteiger partial charge in [0.25, 0.3) is 0 Å². The van der Waals surface area contributed by atoms with Crippen molar-refractivity contribution in [2.75, 3.05) is 0 Å². The predicted octanol–water partition coefficient (Wildman–Crippen LogP) is 4.66. The molecule has 0 saturated heterocycles. The molecule has 1 aromatic carbocycles. The molecule has 0 radical (unpaired) electrons. The summed E-state index contributed by atoms with van der Waals surface area (Å²) in [7, 11) is 0. The number of carboxylic acid groups (broad SMARTS) is 1. The van der Waals surface area contributed by atoms with E-state index in [9.17, 15) is 4.79 Å². The van der Waals surface area contributed by atoms with Crippen LogP contribution in [0.5, 0.6) is 0 Å². The number of aliphatic carboxylic acids is 1. The van der Waals surface area contributed by atoms with Gasteiger partial charge < -0.3 is 5.11 Å². The maximum Gasteiger partial charge on any atom is 0.328 e. The molecule has 0 spiro atoms. The van der Waals surface area contributed by atoms with Gasteiger partial charge >= 0.3 is 5.97 Å². The van der Waals surface area contributed by atoms with Gasteiger partial charge in [0.2, 0.25) is 0 Å². The number of rotatable bonds is 2. The van der Waals surface area contributed by atoms with E-state index in [0.717, 1.165) is 36.8 Å². The molecule has 1 aliphatic rings. The summed E-state index contributed by atoms with van der Waals surface area (Å²) in [4.78, 5) is 10.9. The van der Waals surface area contributed by atoms with Gasteiger partial charge in [-0.1, -0.05) is 47.3 Å². The van der Waals surface area contributed by atoms with Crippen molar-refractivity contribution in [3.63, 3.8) is 0 Å². The fraction of sp³-hybridized carbons (Fsp3) is 0.357. The van der Waals surface area contributed by atoms with Crippen LogP contribution in [-0.4, -0.2) is 11.1 Å². The quantitative estimate of drug-likeness (QED) is 0.802. The monoisotopic (exact) mass is 284 g/mol. The molecule has 1 N–H and O–H groups in total. The highest BCUT2D eigenvalue weighted by Crippen LogP contribution is 2.41. The van der Waals surface area contributed by atoms with E-state index in [1.807, 2.05) is 12.1 Å². The first-order valence-corrected chi connectivity index (χ1v) is 6.72. The third kappa shape index (κ3) is 2.88. The zero-order chi connectivity index (χ0) is 13.1. The number of allylic oxidation sites excluding steroid dienone is 1. The van der Waals surface area contributed by atoms with Gasteiger partial charge in [0, 0.05) is 12.0 Å². The van der Waals surface area contributed by atoms with E-state index < -0.39 is 5.97 Å². The van der Waals surface area contributed by atoms with E-state index in [0.29, 0.717) is 10.0 Å². The second-order valence-electron chi connectivity index (χ2n) is 4.50. The minimum atomic E-state index is -0.893. The molecular weight excluding hydrogens is 271 g/mol. The van der Waals surface area contributed by atoms with Crippen LogP contribution in [0.2, 0.25) is 10.0 Å². The SMILES string of the molecule is O=C(O)/C=C1\CCCCC1c1cccc(Cl)c1Cl. The summed E-state index contributed by atoms with van der Waals surface area (Å²) >= 11 is 12.2. The van der Waals surface area contributed by atoms with Crippen molar-refractivity contribution in [1.82, 2.24) is 0 Å². The average molecular weight is 285 g/mol. The van der Waals surface area contributed by atoms with Crippen LogP contribution >= 0.6 is 23.2 Å². The Bertz CT molecular complexity index is 495. The Morgan fingerprint density at radius 3 is 2.83 bits per heavy atom. The molecule has 1 fully saturated rings. The number of carboxylic acids is 1. The van der Waals surface area contributed by atoms with Crippen LogP contribution in [0, 0.1) is 0 Å². The molecule has 0 aromatic heterocycles. The zero-order valence-corrected chi connectivity index (χ0v) is 11.3. The zero-order valence-electron chi connectivity index (χ0n) is 9.83. The Morgan fingerprint density at radius 2 is 2.11 bits per heavy atom. The molecule has 1 unspecified atom stereocenters. The first-order chi connectivity index (χ1) is 8.59. The standard InChI is InChI=1S/C14H14Cl2O2/c15-12-7-3-6-11(14(12)16)10-5-2-1-4-9(10)8-13(17)18/h3,6-8,10H,1-2,4-5H2,(H,17,18)/b9-8+. The molecule has 2 nitrogen and oxygen atoms in total. The number of benzene rings is 1. The highest BCUT2D eigenvalue weighted by molar-refractivity contribution is 6.42. The fourth-order valence-electron chi connectivity index (χ4n) is 2.51. The summed E-state index contributed by atoms with van der Waals surface area (Å²) in [6, 6.07) is 5.53. The summed E-state index contributed by atoms with van der Waals surface area (Å²) in [6.07, 6.45) is 5.19. The van der Waals surface area contributed by atoms with Crippen molar-refractivity contribution in [2.24, 2.45) is 0 Å². The Hall–Kier alpha value is -0.990. The van der Waals surface area contributed by atoms with Gasteiger partial charge in [-0.3, -0.25) is 0 Å². The Labute approximate surface area is 116 Å². The van der Waals surface area contributed by atoms with Crippen LogP contribution in [0.4, 0.5) is 0 Å². The first-order valence-electron chi connectivity index (χ1n) is 5.97. The lowest BCUT2D eigenvalue weighted by atomic mass is 9.79. The molecule has 1 aliphatic carbocycles. The van der Waals surface area contributed by atoms with E-state index >= 15 is 0 Å². The third-order valence-electron chi connectivity index (χ3n) is 3.32. The molecule has 0 aliphatic heterocycles. The van der Waals surface area contributed by atoms with Gasteiger partial charge in [0.1, 0.15) is 0 Å². The minimum Gasteiger partial charge on any atom is -0.478 e. The normalized spacial score (nSPS) is 22.1. The summed E-state index contributed by atoms with van der Waals surface area (Å²) in [5, 5.41) is 9.99. The molecule has 2 rings (SSSR count). The fourth-order valence-corrected chi connectivity index (χ4v) is 2.95. The van der Waals surface area contributed by atoms with Crippen LogP contribution in [0.25, 0.3) is 0 Å². The summed E-state index contributed by atoms with van der Waals surface area (Å²) < 4.78 is 0. The van der Waals surface area contributed by atoms with E-state index in [1.165, 1.54) is 6.08 Å². The van der Waals surface area contributed by atoms with E-state index in [4.69, 9.17) is 28.3 Å². The predicted molar refractivity (Wildman–Crippen MR) is 73.4 cm³/mol. The topological polar surface area (TPSA) is 37.3 Å². The third-order valence-corrected chi connectivity index (χ3v) is 4.16. The molecule has 18 heavy (non-hydrogen) atoms. The van der Waals surface area contributed by atoms with Crippen molar-refractivity contribution in [1.29, 1.82) is 0 Å². The highest BCUT2D eigenvalue weighted by Gasteiger charge is 2.24. The second-order valence-corrected chi connectivity index (χ2v) is 5.28. The Balaban J connectivity index is 2.40. The van der Waals surface area contributed by atoms with Crippen molar-refractivity contribution in [2.45, 2.75) is 31.6 Å². The molecule has 0 amide bonds. The Kier molecular flexibility index (Phi) is 4.31. The van der Waals surface area contributed by atoms with Crippen LogP contribution < -0.4 is 0 Å². The summed E-state index contributed by atoms with van der Waals surface area (Å²) in [5.41, 5.74) is 1.88. The lowest BCUT2D eigenvalue weighted by Crippen LogP contribution is -2.10. The van der Waals surface area contributed by atoms with Gasteiger partial charge in [-0.25, -0.2) is 4.79 Å². The lowest BCUT2D eigenvalue weighted by Gasteiger charge is -2.26. The van der Waals surface area contributed by atoms with E-state index in [-0.39, 0.29) is 5.92 Å². The molecule has 1 atom stereocenters. The molecule has 0 heterocycles. The van der Waals surface area contributed by atoms with Crippen molar-refractivity contribution < 1.29 is 9.90 Å². The van der Waals surface area contributed by atoms with Gasteiger partial charge in [-0.2, -0.15) is 0 Å². The summed E-state index contributed by atoms with van der Waals surface area (Å²) in [5.74, 6) is -0.809. The highest BCUT2D eigenvalue weighted by atomic mass is 35.5. The molecule has 1 saturated carbocycles. The molecule has 1 aromatic rings. The van der Waals surface area contributed by atoms with E-state index in [1.54, 1.807) is 6.07 Å². The number of halogens is 2. The van der Waals surface area contributed by atoms with Crippen molar-refractivity contribution >= 4 is 29.2 Å². The minimum absolute atomic E-state index is 0.0843. The summed E-state index contributed by atoms with van der Waals surface area (Å²) in [6.45, 7) is 0. The van der Waals surface area contributed by atoms with Crippen molar-refractivity contribution in [3.8, 4) is 0 Å². The van der Waals surface area contributed by atoms with Gasteiger partial charge in [-0.05, 0) is 30.9 Å². The van der Waals surface area contributed by atoms with Crippen molar-refractivity contribution in [3.05, 3.63) is 45.5 Å². The number of carbonyl (C=O) groups is 1. The molecule has 96 valence electrons. The number of hydrogen-bond acceptors (Lipinski definition) is 1. The average Bonchev–Trinajstić information content (AvgIpc) is 2.33. The van der Waals surface area contributed by atoms with Crippen LogP contribution in [0.1, 0.15) is 37.2 Å². The van der Waals surface area contributed by atoms with Gasteiger partial charge in [0.05, 0.1) is 10.0 Å². The van der Waals surface area contributed by atoms with Gasteiger partial charge in [0.15, 0.2) is 0 Å². The molecular formula is C14H14Cl2O2. The van der Waals surface area contributed by atoms with Gasteiger partial charge in [-0.15, -0.1) is 0 Å². The smallest absolute Gasteiger partial charge is 0.328 e. The largest absolute Gasteiger partial charge is 0.478 e.